The van der Waals surface area contributed by atoms with E-state index in [0.29, 0.717) is 24.0 Å². The van der Waals surface area contributed by atoms with E-state index in [1.165, 1.54) is 35.8 Å². The Labute approximate surface area is 184 Å². The molecular formula is C21H24FN7OS. The number of aryl methyl sites for hydroxylation is 2. The Morgan fingerprint density at radius 3 is 2.74 bits per heavy atom. The number of anilines is 5. The van der Waals surface area contributed by atoms with Crippen LogP contribution < -0.4 is 16.0 Å². The van der Waals surface area contributed by atoms with Gasteiger partial charge in [0.15, 0.2) is 0 Å². The molecule has 0 radical (unpaired) electrons. The van der Waals surface area contributed by atoms with Crippen LogP contribution in [0.2, 0.25) is 0 Å². The van der Waals surface area contributed by atoms with Crippen molar-refractivity contribution in [2.24, 2.45) is 0 Å². The van der Waals surface area contributed by atoms with Gasteiger partial charge in [0.1, 0.15) is 16.6 Å². The Hall–Kier alpha value is -3.37. The number of halogens is 1. The molecule has 3 aromatic rings. The number of amides is 1. The van der Waals surface area contributed by atoms with E-state index in [-0.39, 0.29) is 11.6 Å². The molecule has 3 rings (SSSR count). The number of nitrogens with zero attached hydrogens (tertiary/aromatic N) is 4. The number of nitrogens with one attached hydrogen (secondary N) is 3. The number of likely N-dealkylation sites (N-methyl/N-ethyl adjacent to an activating group) is 1. The van der Waals surface area contributed by atoms with E-state index in [9.17, 15) is 9.18 Å². The molecule has 0 spiro atoms. The van der Waals surface area contributed by atoms with Gasteiger partial charge in [-0.15, -0.1) is 0 Å². The number of aromatic nitrogens is 3. The SMILES string of the molecule is Cc1cc(Nc2ncc(C)c(Nc3cc(NC(=O)/C=C/CN(C)C)ccc3F)n2)sn1. The molecule has 0 saturated heterocycles. The predicted octanol–water partition coefficient (Wildman–Crippen LogP) is 4.23. The van der Waals surface area contributed by atoms with Crippen LogP contribution >= 0.6 is 11.5 Å². The quantitative estimate of drug-likeness (QED) is 0.450. The van der Waals surface area contributed by atoms with E-state index in [4.69, 9.17) is 0 Å². The summed E-state index contributed by atoms with van der Waals surface area (Å²) in [7, 11) is 3.82. The average molecular weight is 442 g/mol. The maximum Gasteiger partial charge on any atom is 0.248 e. The highest BCUT2D eigenvalue weighted by atomic mass is 32.1. The molecule has 0 aliphatic carbocycles. The number of hydrogen-bond donors (Lipinski definition) is 3. The molecular weight excluding hydrogens is 417 g/mol. The third-order valence-corrected chi connectivity index (χ3v) is 4.86. The molecule has 0 atom stereocenters. The Morgan fingerprint density at radius 2 is 2.03 bits per heavy atom. The van der Waals surface area contributed by atoms with E-state index in [0.717, 1.165) is 16.3 Å². The third kappa shape index (κ3) is 6.56. The number of benzene rings is 1. The second-order valence-electron chi connectivity index (χ2n) is 7.16. The lowest BCUT2D eigenvalue weighted by atomic mass is 10.2. The van der Waals surface area contributed by atoms with E-state index in [1.807, 2.05) is 38.9 Å². The minimum atomic E-state index is -0.466. The molecule has 2 aromatic heterocycles. The van der Waals surface area contributed by atoms with Crippen LogP contribution in [0.15, 0.2) is 42.6 Å². The first-order valence-electron chi connectivity index (χ1n) is 9.53. The summed E-state index contributed by atoms with van der Waals surface area (Å²) < 4.78 is 18.6. The molecule has 0 bridgehead atoms. The van der Waals surface area contributed by atoms with Crippen LogP contribution in [0.4, 0.5) is 32.5 Å². The van der Waals surface area contributed by atoms with Crippen molar-refractivity contribution in [1.82, 2.24) is 19.2 Å². The summed E-state index contributed by atoms with van der Waals surface area (Å²) in [6, 6.07) is 6.20. The summed E-state index contributed by atoms with van der Waals surface area (Å²) in [5, 5.41) is 9.62. The first-order chi connectivity index (χ1) is 14.8. The van der Waals surface area contributed by atoms with E-state index in [2.05, 4.69) is 30.3 Å². The lowest BCUT2D eigenvalue weighted by Crippen LogP contribution is -2.13. The van der Waals surface area contributed by atoms with Crippen molar-refractivity contribution >= 4 is 45.6 Å². The van der Waals surface area contributed by atoms with Crippen LogP contribution in [0.3, 0.4) is 0 Å². The topological polar surface area (TPSA) is 95.1 Å². The molecule has 1 amide bonds. The van der Waals surface area contributed by atoms with Crippen molar-refractivity contribution in [2.75, 3.05) is 36.6 Å². The maximum absolute atomic E-state index is 14.4. The van der Waals surface area contributed by atoms with Crippen LogP contribution in [-0.4, -0.2) is 45.8 Å². The molecule has 3 N–H and O–H groups in total. The fraction of sp³-hybridized carbons (Fsp3) is 0.238. The van der Waals surface area contributed by atoms with Crippen molar-refractivity contribution < 1.29 is 9.18 Å². The van der Waals surface area contributed by atoms with Gasteiger partial charge in [0, 0.05) is 30.1 Å². The van der Waals surface area contributed by atoms with Gasteiger partial charge >= 0.3 is 0 Å². The fourth-order valence-electron chi connectivity index (χ4n) is 2.54. The Kier molecular flexibility index (Phi) is 7.27. The molecule has 0 aliphatic rings. The highest BCUT2D eigenvalue weighted by Crippen LogP contribution is 2.26. The maximum atomic E-state index is 14.4. The summed E-state index contributed by atoms with van der Waals surface area (Å²) in [6.45, 7) is 4.37. The molecule has 0 saturated carbocycles. The summed E-state index contributed by atoms with van der Waals surface area (Å²) in [6.07, 6.45) is 4.84. The van der Waals surface area contributed by atoms with Gasteiger partial charge in [-0.05, 0) is 63.7 Å². The van der Waals surface area contributed by atoms with Crippen LogP contribution in [0.5, 0.6) is 0 Å². The Balaban J connectivity index is 1.74. The Morgan fingerprint density at radius 1 is 1.23 bits per heavy atom. The standard InChI is InChI=1S/C21H24FN7OS/c1-13-12-23-21(26-19-10-14(2)28-31-19)27-20(13)25-17-11-15(7-8-16(17)22)24-18(30)6-5-9-29(3)4/h5-8,10-12H,9H2,1-4H3,(H,24,30)(H2,23,25,26,27)/b6-5+. The normalized spacial score (nSPS) is 11.2. The van der Waals surface area contributed by atoms with Gasteiger partial charge in [0.25, 0.3) is 0 Å². The molecule has 8 nitrogen and oxygen atoms in total. The highest BCUT2D eigenvalue weighted by molar-refractivity contribution is 7.10. The van der Waals surface area contributed by atoms with Gasteiger partial charge in [-0.3, -0.25) is 4.79 Å². The second kappa shape index (κ2) is 10.1. The zero-order valence-electron chi connectivity index (χ0n) is 17.7. The molecule has 31 heavy (non-hydrogen) atoms. The zero-order chi connectivity index (χ0) is 22.4. The highest BCUT2D eigenvalue weighted by Gasteiger charge is 2.10. The predicted molar refractivity (Wildman–Crippen MR) is 123 cm³/mol. The number of carbonyl (C=O) groups is 1. The lowest BCUT2D eigenvalue weighted by Gasteiger charge is -2.12. The monoisotopic (exact) mass is 441 g/mol. The molecule has 162 valence electrons. The Bertz CT molecular complexity index is 1100. The van der Waals surface area contributed by atoms with E-state index in [1.54, 1.807) is 12.3 Å². The van der Waals surface area contributed by atoms with Gasteiger partial charge in [0.05, 0.1) is 11.4 Å². The number of rotatable bonds is 8. The van der Waals surface area contributed by atoms with Crippen molar-refractivity contribution in [1.29, 1.82) is 0 Å². The van der Waals surface area contributed by atoms with Crippen LogP contribution in [-0.2, 0) is 4.79 Å². The van der Waals surface area contributed by atoms with Gasteiger partial charge in [-0.2, -0.15) is 9.36 Å². The molecule has 2 heterocycles. The minimum Gasteiger partial charge on any atom is -0.337 e. The average Bonchev–Trinajstić information content (AvgIpc) is 3.11. The van der Waals surface area contributed by atoms with Gasteiger partial charge < -0.3 is 20.9 Å². The second-order valence-corrected chi connectivity index (χ2v) is 7.96. The summed E-state index contributed by atoms with van der Waals surface area (Å²) >= 11 is 1.31. The lowest BCUT2D eigenvalue weighted by molar-refractivity contribution is -0.111. The fourth-order valence-corrected chi connectivity index (χ4v) is 3.20. The molecule has 1 aromatic carbocycles. The summed E-state index contributed by atoms with van der Waals surface area (Å²) in [5.41, 5.74) is 2.30. The van der Waals surface area contributed by atoms with Crippen LogP contribution in [0, 0.1) is 19.7 Å². The van der Waals surface area contributed by atoms with Gasteiger partial charge in [-0.1, -0.05) is 6.08 Å². The smallest absolute Gasteiger partial charge is 0.248 e. The zero-order valence-corrected chi connectivity index (χ0v) is 18.5. The van der Waals surface area contributed by atoms with Crippen LogP contribution in [0.25, 0.3) is 0 Å². The van der Waals surface area contributed by atoms with Crippen molar-refractivity contribution in [2.45, 2.75) is 13.8 Å². The number of hydrogen-bond acceptors (Lipinski definition) is 8. The molecule has 10 heteroatoms. The first kappa shape index (κ1) is 22.3. The van der Waals surface area contributed by atoms with Crippen molar-refractivity contribution in [3.05, 3.63) is 59.7 Å². The van der Waals surface area contributed by atoms with E-state index < -0.39 is 5.82 Å². The van der Waals surface area contributed by atoms with Crippen molar-refractivity contribution in [3.63, 3.8) is 0 Å². The van der Waals surface area contributed by atoms with Gasteiger partial charge in [-0.25, -0.2) is 9.37 Å². The summed E-state index contributed by atoms with van der Waals surface area (Å²) in [4.78, 5) is 22.7. The largest absolute Gasteiger partial charge is 0.337 e. The van der Waals surface area contributed by atoms with E-state index >= 15 is 0 Å². The summed E-state index contributed by atoms with van der Waals surface area (Å²) in [5.74, 6) is 0.0651. The van der Waals surface area contributed by atoms with Gasteiger partial charge in [0.2, 0.25) is 11.9 Å². The third-order valence-electron chi connectivity index (χ3n) is 4.06. The molecule has 0 unspecified atom stereocenters. The molecule has 0 aliphatic heterocycles. The minimum absolute atomic E-state index is 0.191. The van der Waals surface area contributed by atoms with Crippen LogP contribution in [0.1, 0.15) is 11.3 Å². The van der Waals surface area contributed by atoms with Crippen molar-refractivity contribution in [3.8, 4) is 0 Å². The number of carbonyl (C=O) groups excluding carboxylic acids is 1. The molecule has 0 fully saturated rings. The first-order valence-corrected chi connectivity index (χ1v) is 10.3.